The number of hydrogen-bond donors (Lipinski definition) is 1. The topological polar surface area (TPSA) is 20.2 Å². The summed E-state index contributed by atoms with van der Waals surface area (Å²) < 4.78 is 0. The summed E-state index contributed by atoms with van der Waals surface area (Å²) in [7, 11) is 0. The molecule has 1 aliphatic rings. The van der Waals surface area contributed by atoms with Crippen molar-refractivity contribution in [2.45, 2.75) is 59.0 Å². The minimum atomic E-state index is -0.254. The van der Waals surface area contributed by atoms with E-state index in [1.54, 1.807) is 0 Å². The summed E-state index contributed by atoms with van der Waals surface area (Å²) >= 11 is 6.18. The van der Waals surface area contributed by atoms with Crippen molar-refractivity contribution < 1.29 is 5.11 Å². The van der Waals surface area contributed by atoms with Crippen LogP contribution in [-0.4, -0.2) is 11.2 Å². The van der Waals surface area contributed by atoms with Crippen LogP contribution in [0.15, 0.2) is 24.3 Å². The summed E-state index contributed by atoms with van der Waals surface area (Å²) in [6.07, 6.45) is 5.21. The van der Waals surface area contributed by atoms with Gasteiger partial charge in [-0.2, -0.15) is 0 Å². The van der Waals surface area contributed by atoms with E-state index in [1.165, 1.54) is 12.8 Å². The first kappa shape index (κ1) is 15.9. The Morgan fingerprint density at radius 3 is 2.30 bits per heavy atom. The minimum Gasteiger partial charge on any atom is -0.392 e. The molecule has 112 valence electrons. The molecule has 1 aliphatic carbocycles. The van der Waals surface area contributed by atoms with E-state index in [1.807, 2.05) is 24.3 Å². The molecule has 0 bridgehead atoms. The summed E-state index contributed by atoms with van der Waals surface area (Å²) in [5.74, 6) is 1.23. The van der Waals surface area contributed by atoms with E-state index in [-0.39, 0.29) is 6.10 Å². The lowest BCUT2D eigenvalue weighted by Gasteiger charge is -2.38. The van der Waals surface area contributed by atoms with Crippen molar-refractivity contribution in [3.8, 4) is 0 Å². The molecule has 0 aliphatic heterocycles. The van der Waals surface area contributed by atoms with Crippen molar-refractivity contribution in [3.05, 3.63) is 34.9 Å². The predicted octanol–water partition coefficient (Wildman–Crippen LogP) is 5.10. The predicted molar refractivity (Wildman–Crippen MR) is 86.1 cm³/mol. The average molecular weight is 295 g/mol. The Balaban J connectivity index is 1.89. The molecule has 1 atom stereocenters. The highest BCUT2D eigenvalue weighted by Crippen LogP contribution is 2.41. The zero-order valence-electron chi connectivity index (χ0n) is 12.9. The van der Waals surface area contributed by atoms with E-state index < -0.39 is 0 Å². The van der Waals surface area contributed by atoms with Gasteiger partial charge in [0.2, 0.25) is 0 Å². The lowest BCUT2D eigenvalue weighted by atomic mass is 9.68. The Hall–Kier alpha value is -0.530. The van der Waals surface area contributed by atoms with Crippen LogP contribution in [0, 0.1) is 17.3 Å². The summed E-state index contributed by atoms with van der Waals surface area (Å²) in [6, 6.07) is 7.85. The van der Waals surface area contributed by atoms with Gasteiger partial charge in [-0.3, -0.25) is 0 Å². The first-order valence-corrected chi connectivity index (χ1v) is 8.17. The molecule has 1 N–H and O–H groups in total. The monoisotopic (exact) mass is 294 g/mol. The number of aliphatic hydroxyl groups excluding tert-OH is 1. The van der Waals surface area contributed by atoms with Crippen LogP contribution in [0.25, 0.3) is 0 Å². The van der Waals surface area contributed by atoms with Gasteiger partial charge in [-0.15, -0.1) is 0 Å². The van der Waals surface area contributed by atoms with Crippen molar-refractivity contribution in [3.63, 3.8) is 0 Å². The largest absolute Gasteiger partial charge is 0.392 e. The number of aliphatic hydroxyl groups is 1. The third-order valence-electron chi connectivity index (χ3n) is 4.93. The molecule has 0 aromatic heterocycles. The fourth-order valence-electron chi connectivity index (χ4n) is 3.43. The van der Waals surface area contributed by atoms with Gasteiger partial charge in [0.05, 0.1) is 6.10 Å². The van der Waals surface area contributed by atoms with Crippen LogP contribution in [0.5, 0.6) is 0 Å². The quantitative estimate of drug-likeness (QED) is 0.822. The van der Waals surface area contributed by atoms with Gasteiger partial charge in [0, 0.05) is 11.4 Å². The van der Waals surface area contributed by atoms with E-state index in [2.05, 4.69) is 20.8 Å². The molecule has 20 heavy (non-hydrogen) atoms. The Kier molecular flexibility index (Phi) is 5.14. The fraction of sp³-hybridized carbons (Fsp3) is 0.667. The SMILES string of the molecule is CC(C)(C)C1CCC(C(O)Cc2ccccc2Cl)CC1. The van der Waals surface area contributed by atoms with Gasteiger partial charge in [0.25, 0.3) is 0 Å². The molecule has 0 heterocycles. The van der Waals surface area contributed by atoms with Gasteiger partial charge in [0.1, 0.15) is 0 Å². The van der Waals surface area contributed by atoms with Crippen LogP contribution in [0.4, 0.5) is 0 Å². The average Bonchev–Trinajstić information content (AvgIpc) is 2.40. The molecule has 1 fully saturated rings. The van der Waals surface area contributed by atoms with Gasteiger partial charge in [0.15, 0.2) is 0 Å². The van der Waals surface area contributed by atoms with E-state index in [4.69, 9.17) is 11.6 Å². The normalized spacial score (nSPS) is 25.4. The van der Waals surface area contributed by atoms with Crippen molar-refractivity contribution in [2.75, 3.05) is 0 Å². The van der Waals surface area contributed by atoms with E-state index in [0.29, 0.717) is 17.8 Å². The number of benzene rings is 1. The van der Waals surface area contributed by atoms with Crippen molar-refractivity contribution in [2.24, 2.45) is 17.3 Å². The summed E-state index contributed by atoms with van der Waals surface area (Å²) in [5, 5.41) is 11.3. The van der Waals surface area contributed by atoms with Crippen LogP contribution in [-0.2, 0) is 6.42 Å². The van der Waals surface area contributed by atoms with Gasteiger partial charge in [-0.25, -0.2) is 0 Å². The van der Waals surface area contributed by atoms with Gasteiger partial charge < -0.3 is 5.11 Å². The van der Waals surface area contributed by atoms with E-state index >= 15 is 0 Å². The van der Waals surface area contributed by atoms with E-state index in [0.717, 1.165) is 29.3 Å². The first-order chi connectivity index (χ1) is 9.38. The van der Waals surface area contributed by atoms with Crippen molar-refractivity contribution in [1.82, 2.24) is 0 Å². The maximum Gasteiger partial charge on any atom is 0.0609 e. The van der Waals surface area contributed by atoms with Crippen molar-refractivity contribution >= 4 is 11.6 Å². The zero-order chi connectivity index (χ0) is 14.8. The standard InChI is InChI=1S/C18H27ClO/c1-18(2,3)15-10-8-13(9-11-15)17(20)12-14-6-4-5-7-16(14)19/h4-7,13,15,17,20H,8-12H2,1-3H3. The molecule has 1 unspecified atom stereocenters. The lowest BCUT2D eigenvalue weighted by Crippen LogP contribution is -2.31. The van der Waals surface area contributed by atoms with Crippen LogP contribution in [0.2, 0.25) is 5.02 Å². The Morgan fingerprint density at radius 1 is 1.15 bits per heavy atom. The molecular weight excluding hydrogens is 268 g/mol. The van der Waals surface area contributed by atoms with Crippen molar-refractivity contribution in [1.29, 1.82) is 0 Å². The van der Waals surface area contributed by atoms with Gasteiger partial charge >= 0.3 is 0 Å². The second kappa shape index (κ2) is 6.49. The molecule has 1 saturated carbocycles. The third-order valence-corrected chi connectivity index (χ3v) is 5.30. The smallest absolute Gasteiger partial charge is 0.0609 e. The van der Waals surface area contributed by atoms with Crippen LogP contribution in [0.3, 0.4) is 0 Å². The Morgan fingerprint density at radius 2 is 1.75 bits per heavy atom. The molecular formula is C18H27ClO. The fourth-order valence-corrected chi connectivity index (χ4v) is 3.64. The third kappa shape index (κ3) is 3.99. The summed E-state index contributed by atoms with van der Waals surface area (Å²) in [5.41, 5.74) is 1.47. The lowest BCUT2D eigenvalue weighted by molar-refractivity contribution is 0.0537. The van der Waals surface area contributed by atoms with Crippen LogP contribution >= 0.6 is 11.6 Å². The molecule has 0 amide bonds. The summed E-state index contributed by atoms with van der Waals surface area (Å²) in [6.45, 7) is 6.99. The van der Waals surface area contributed by atoms with Gasteiger partial charge in [-0.1, -0.05) is 50.6 Å². The first-order valence-electron chi connectivity index (χ1n) is 7.79. The molecule has 0 saturated heterocycles. The molecule has 1 aromatic rings. The minimum absolute atomic E-state index is 0.254. The number of rotatable bonds is 3. The molecule has 1 nitrogen and oxygen atoms in total. The number of hydrogen-bond acceptors (Lipinski definition) is 1. The maximum absolute atomic E-state index is 10.5. The highest BCUT2D eigenvalue weighted by molar-refractivity contribution is 6.31. The van der Waals surface area contributed by atoms with Gasteiger partial charge in [-0.05, 0) is 54.6 Å². The van der Waals surface area contributed by atoms with Crippen LogP contribution < -0.4 is 0 Å². The zero-order valence-corrected chi connectivity index (χ0v) is 13.7. The summed E-state index contributed by atoms with van der Waals surface area (Å²) in [4.78, 5) is 0. The molecule has 0 spiro atoms. The molecule has 2 heteroatoms. The molecule has 0 radical (unpaired) electrons. The molecule has 2 rings (SSSR count). The Bertz CT molecular complexity index is 427. The highest BCUT2D eigenvalue weighted by Gasteiger charge is 2.32. The second-order valence-corrected chi connectivity index (χ2v) is 7.75. The number of halogens is 1. The van der Waals surface area contributed by atoms with E-state index in [9.17, 15) is 5.11 Å². The van der Waals surface area contributed by atoms with Crippen LogP contribution in [0.1, 0.15) is 52.0 Å². The molecule has 1 aromatic carbocycles. The second-order valence-electron chi connectivity index (χ2n) is 7.34. The highest BCUT2D eigenvalue weighted by atomic mass is 35.5. The Labute approximate surface area is 128 Å². The maximum atomic E-state index is 10.5.